The number of amides is 1. The third-order valence-electron chi connectivity index (χ3n) is 4.49. The van der Waals surface area contributed by atoms with Crippen molar-refractivity contribution in [3.63, 3.8) is 0 Å². The van der Waals surface area contributed by atoms with E-state index in [1.807, 2.05) is 5.38 Å². The van der Waals surface area contributed by atoms with Crippen LogP contribution in [0.2, 0.25) is 0 Å². The standard InChI is InChI=1S/C21H20N4O3S2/c1-3-25(4-2)30(27,28)18-11-9-17(10-12-18)20(26)24-21-23-19(14-29-21)16-7-5-15(13-22)6-8-16/h5-12,14H,3-4H2,1-2H3,(H,23,24,26). The lowest BCUT2D eigenvalue weighted by atomic mass is 10.1. The highest BCUT2D eigenvalue weighted by Crippen LogP contribution is 2.25. The van der Waals surface area contributed by atoms with Crippen molar-refractivity contribution in [3.8, 4) is 17.3 Å². The van der Waals surface area contributed by atoms with Crippen LogP contribution < -0.4 is 5.32 Å². The number of rotatable bonds is 7. The average molecular weight is 441 g/mol. The molecule has 0 saturated carbocycles. The number of nitrogens with zero attached hydrogens (tertiary/aromatic N) is 3. The highest BCUT2D eigenvalue weighted by molar-refractivity contribution is 7.89. The first-order valence-corrected chi connectivity index (χ1v) is 11.6. The number of aromatic nitrogens is 1. The van der Waals surface area contributed by atoms with Crippen LogP contribution in [0.3, 0.4) is 0 Å². The van der Waals surface area contributed by atoms with Crippen molar-refractivity contribution >= 4 is 32.4 Å². The highest BCUT2D eigenvalue weighted by Gasteiger charge is 2.21. The van der Waals surface area contributed by atoms with Gasteiger partial charge in [-0.15, -0.1) is 11.3 Å². The van der Waals surface area contributed by atoms with Crippen LogP contribution >= 0.6 is 11.3 Å². The largest absolute Gasteiger partial charge is 0.298 e. The molecule has 0 radical (unpaired) electrons. The second-order valence-corrected chi connectivity index (χ2v) is 9.09. The Morgan fingerprint density at radius 3 is 2.30 bits per heavy atom. The number of anilines is 1. The Kier molecular flexibility index (Phi) is 6.62. The Bertz CT molecular complexity index is 1170. The van der Waals surface area contributed by atoms with Crippen LogP contribution in [0.4, 0.5) is 5.13 Å². The molecule has 0 atom stereocenters. The Morgan fingerprint density at radius 1 is 1.10 bits per heavy atom. The van der Waals surface area contributed by atoms with E-state index < -0.39 is 10.0 Å². The summed E-state index contributed by atoms with van der Waals surface area (Å²) < 4.78 is 26.5. The Balaban J connectivity index is 1.72. The summed E-state index contributed by atoms with van der Waals surface area (Å²) in [5.74, 6) is -0.373. The molecule has 0 unspecified atom stereocenters. The number of carbonyl (C=O) groups excluding carboxylic acids is 1. The number of sulfonamides is 1. The SMILES string of the molecule is CCN(CC)S(=O)(=O)c1ccc(C(=O)Nc2nc(-c3ccc(C#N)cc3)cs2)cc1. The maximum atomic E-state index is 12.5. The molecule has 0 aliphatic rings. The predicted octanol–water partition coefficient (Wildman–Crippen LogP) is 3.96. The Labute approximate surface area is 179 Å². The van der Waals surface area contributed by atoms with Gasteiger partial charge in [0.05, 0.1) is 22.2 Å². The van der Waals surface area contributed by atoms with E-state index in [0.717, 1.165) is 5.56 Å². The molecule has 7 nitrogen and oxygen atoms in total. The summed E-state index contributed by atoms with van der Waals surface area (Å²) in [6.07, 6.45) is 0. The monoisotopic (exact) mass is 440 g/mol. The molecule has 0 bridgehead atoms. The summed E-state index contributed by atoms with van der Waals surface area (Å²) in [6, 6.07) is 14.9. The van der Waals surface area contributed by atoms with Crippen LogP contribution in [0, 0.1) is 11.3 Å². The van der Waals surface area contributed by atoms with Gasteiger partial charge in [0.1, 0.15) is 0 Å². The van der Waals surface area contributed by atoms with E-state index in [4.69, 9.17) is 5.26 Å². The molecule has 2 aromatic carbocycles. The lowest BCUT2D eigenvalue weighted by molar-refractivity contribution is 0.102. The van der Waals surface area contributed by atoms with Crippen molar-refractivity contribution in [1.82, 2.24) is 9.29 Å². The number of carbonyl (C=O) groups is 1. The predicted molar refractivity (Wildman–Crippen MR) is 117 cm³/mol. The zero-order valence-corrected chi connectivity index (χ0v) is 18.1. The molecule has 1 amide bonds. The van der Waals surface area contributed by atoms with E-state index in [-0.39, 0.29) is 10.8 Å². The van der Waals surface area contributed by atoms with Crippen molar-refractivity contribution in [2.45, 2.75) is 18.7 Å². The minimum atomic E-state index is -3.56. The second kappa shape index (κ2) is 9.17. The third kappa shape index (κ3) is 4.57. The van der Waals surface area contributed by atoms with E-state index in [1.54, 1.807) is 38.1 Å². The minimum absolute atomic E-state index is 0.153. The normalized spacial score (nSPS) is 11.3. The van der Waals surface area contributed by atoms with Gasteiger partial charge in [0.25, 0.3) is 5.91 Å². The number of nitrogens with one attached hydrogen (secondary N) is 1. The van der Waals surface area contributed by atoms with Gasteiger partial charge in [-0.1, -0.05) is 26.0 Å². The number of benzene rings is 2. The summed E-state index contributed by atoms with van der Waals surface area (Å²) in [5.41, 5.74) is 2.44. The van der Waals surface area contributed by atoms with Crippen molar-refractivity contribution in [2.75, 3.05) is 18.4 Å². The molecule has 30 heavy (non-hydrogen) atoms. The van der Waals surface area contributed by atoms with E-state index in [1.165, 1.54) is 39.9 Å². The number of thiazole rings is 1. The van der Waals surface area contributed by atoms with Crippen LogP contribution in [-0.4, -0.2) is 36.7 Å². The van der Waals surface area contributed by atoms with Gasteiger partial charge in [-0.3, -0.25) is 10.1 Å². The van der Waals surface area contributed by atoms with Gasteiger partial charge in [-0.25, -0.2) is 13.4 Å². The van der Waals surface area contributed by atoms with E-state index in [2.05, 4.69) is 16.4 Å². The summed E-state index contributed by atoms with van der Waals surface area (Å²) >= 11 is 1.28. The van der Waals surface area contributed by atoms with E-state index in [0.29, 0.717) is 35.0 Å². The molecule has 0 aliphatic carbocycles. The molecular weight excluding hydrogens is 420 g/mol. The summed E-state index contributed by atoms with van der Waals surface area (Å²) in [4.78, 5) is 17.1. The molecule has 9 heteroatoms. The van der Waals surface area contributed by atoms with Crippen LogP contribution in [0.1, 0.15) is 29.8 Å². The molecule has 0 saturated heterocycles. The van der Waals surface area contributed by atoms with Gasteiger partial charge < -0.3 is 0 Å². The van der Waals surface area contributed by atoms with Gasteiger partial charge in [0.2, 0.25) is 10.0 Å². The van der Waals surface area contributed by atoms with Crippen LogP contribution in [-0.2, 0) is 10.0 Å². The quantitative estimate of drug-likeness (QED) is 0.599. The van der Waals surface area contributed by atoms with Gasteiger partial charge in [-0.05, 0) is 36.4 Å². The molecule has 0 aliphatic heterocycles. The summed E-state index contributed by atoms with van der Waals surface area (Å²) in [6.45, 7) is 4.32. The summed E-state index contributed by atoms with van der Waals surface area (Å²) in [7, 11) is -3.56. The molecule has 3 aromatic rings. The zero-order valence-electron chi connectivity index (χ0n) is 16.5. The summed E-state index contributed by atoms with van der Waals surface area (Å²) in [5, 5.41) is 13.9. The van der Waals surface area contributed by atoms with Crippen LogP contribution in [0.25, 0.3) is 11.3 Å². The molecule has 1 aromatic heterocycles. The minimum Gasteiger partial charge on any atom is -0.298 e. The fourth-order valence-electron chi connectivity index (χ4n) is 2.84. The van der Waals surface area contributed by atoms with Gasteiger partial charge in [0.15, 0.2) is 5.13 Å². The number of nitriles is 1. The van der Waals surface area contributed by atoms with Crippen LogP contribution in [0.5, 0.6) is 0 Å². The molecule has 3 rings (SSSR count). The number of hydrogen-bond acceptors (Lipinski definition) is 6. The number of hydrogen-bond donors (Lipinski definition) is 1. The smallest absolute Gasteiger partial charge is 0.257 e. The lowest BCUT2D eigenvalue weighted by Gasteiger charge is -2.18. The van der Waals surface area contributed by atoms with Crippen molar-refractivity contribution in [2.24, 2.45) is 0 Å². The van der Waals surface area contributed by atoms with Gasteiger partial charge >= 0.3 is 0 Å². The maximum absolute atomic E-state index is 12.5. The van der Waals surface area contributed by atoms with Crippen molar-refractivity contribution in [3.05, 3.63) is 65.0 Å². The van der Waals surface area contributed by atoms with E-state index >= 15 is 0 Å². The Morgan fingerprint density at radius 2 is 1.73 bits per heavy atom. The fourth-order valence-corrected chi connectivity index (χ4v) is 5.01. The molecular formula is C21H20N4O3S2. The van der Waals surface area contributed by atoms with Crippen molar-refractivity contribution in [1.29, 1.82) is 5.26 Å². The average Bonchev–Trinajstić information content (AvgIpc) is 3.23. The molecule has 1 N–H and O–H groups in total. The third-order valence-corrected chi connectivity index (χ3v) is 7.32. The van der Waals surface area contributed by atoms with Crippen molar-refractivity contribution < 1.29 is 13.2 Å². The molecule has 0 fully saturated rings. The van der Waals surface area contributed by atoms with Gasteiger partial charge in [0, 0.05) is 29.6 Å². The topological polar surface area (TPSA) is 103 Å². The Hall–Kier alpha value is -3.06. The van der Waals surface area contributed by atoms with Gasteiger partial charge in [-0.2, -0.15) is 9.57 Å². The molecule has 154 valence electrons. The molecule has 0 spiro atoms. The first-order chi connectivity index (χ1) is 14.4. The van der Waals surface area contributed by atoms with E-state index in [9.17, 15) is 13.2 Å². The fraction of sp³-hybridized carbons (Fsp3) is 0.190. The highest BCUT2D eigenvalue weighted by atomic mass is 32.2. The first-order valence-electron chi connectivity index (χ1n) is 9.26. The lowest BCUT2D eigenvalue weighted by Crippen LogP contribution is -2.30. The second-order valence-electron chi connectivity index (χ2n) is 6.29. The first kappa shape index (κ1) is 21.6. The van der Waals surface area contributed by atoms with Crippen LogP contribution in [0.15, 0.2) is 58.8 Å². The molecule has 1 heterocycles. The maximum Gasteiger partial charge on any atom is 0.257 e. The zero-order chi connectivity index (χ0) is 21.7.